The SMILES string of the molecule is CCC(NCCC1CCN(C)CC1)c1ccccc1. The molecule has 0 aromatic heterocycles. The first-order valence-corrected chi connectivity index (χ1v) is 7.76. The van der Waals surface area contributed by atoms with Gasteiger partial charge in [-0.05, 0) is 63.8 Å². The lowest BCUT2D eigenvalue weighted by Crippen LogP contribution is -2.32. The van der Waals surface area contributed by atoms with Crippen molar-refractivity contribution in [2.45, 2.75) is 38.6 Å². The minimum Gasteiger partial charge on any atom is -0.310 e. The first-order valence-electron chi connectivity index (χ1n) is 7.76. The average molecular weight is 260 g/mol. The Morgan fingerprint density at radius 2 is 1.89 bits per heavy atom. The topological polar surface area (TPSA) is 15.3 Å². The van der Waals surface area contributed by atoms with Crippen molar-refractivity contribution in [2.24, 2.45) is 5.92 Å². The van der Waals surface area contributed by atoms with Gasteiger partial charge in [0.1, 0.15) is 0 Å². The third-order valence-electron chi connectivity index (χ3n) is 4.39. The standard InChI is InChI=1S/C17H28N2/c1-3-17(16-7-5-4-6-8-16)18-12-9-15-10-13-19(2)14-11-15/h4-8,15,17-18H,3,9-14H2,1-2H3. The van der Waals surface area contributed by atoms with E-state index in [0.29, 0.717) is 6.04 Å². The van der Waals surface area contributed by atoms with Crippen LogP contribution in [0.25, 0.3) is 0 Å². The summed E-state index contributed by atoms with van der Waals surface area (Å²) >= 11 is 0. The van der Waals surface area contributed by atoms with Crippen molar-refractivity contribution < 1.29 is 0 Å². The van der Waals surface area contributed by atoms with E-state index in [1.54, 1.807) is 0 Å². The molecule has 0 aliphatic carbocycles. The van der Waals surface area contributed by atoms with Crippen LogP contribution in [-0.4, -0.2) is 31.6 Å². The Kier molecular flexibility index (Phi) is 5.87. The van der Waals surface area contributed by atoms with Crippen LogP contribution >= 0.6 is 0 Å². The lowest BCUT2D eigenvalue weighted by atomic mass is 9.93. The van der Waals surface area contributed by atoms with Crippen molar-refractivity contribution in [1.82, 2.24) is 10.2 Å². The Labute approximate surface area is 118 Å². The number of hydrogen-bond donors (Lipinski definition) is 1. The molecule has 0 bridgehead atoms. The van der Waals surface area contributed by atoms with Gasteiger partial charge in [-0.3, -0.25) is 0 Å². The Hall–Kier alpha value is -0.860. The predicted octanol–water partition coefficient (Wildman–Crippen LogP) is 3.46. The van der Waals surface area contributed by atoms with E-state index in [1.165, 1.54) is 37.9 Å². The third-order valence-corrected chi connectivity index (χ3v) is 4.39. The lowest BCUT2D eigenvalue weighted by molar-refractivity contribution is 0.210. The second-order valence-corrected chi connectivity index (χ2v) is 5.86. The quantitative estimate of drug-likeness (QED) is 0.842. The largest absolute Gasteiger partial charge is 0.310 e. The Morgan fingerprint density at radius 3 is 2.53 bits per heavy atom. The molecule has 106 valence electrons. The third kappa shape index (κ3) is 4.63. The average Bonchev–Trinajstić information content (AvgIpc) is 2.46. The van der Waals surface area contributed by atoms with Gasteiger partial charge in [-0.2, -0.15) is 0 Å². The molecule has 1 heterocycles. The molecule has 1 fully saturated rings. The maximum atomic E-state index is 3.73. The maximum absolute atomic E-state index is 3.73. The molecule has 1 aliphatic heterocycles. The molecule has 1 unspecified atom stereocenters. The molecule has 0 saturated carbocycles. The van der Waals surface area contributed by atoms with Crippen molar-refractivity contribution in [3.63, 3.8) is 0 Å². The zero-order valence-corrected chi connectivity index (χ0v) is 12.4. The van der Waals surface area contributed by atoms with Crippen molar-refractivity contribution in [3.8, 4) is 0 Å². The van der Waals surface area contributed by atoms with Gasteiger partial charge in [0.25, 0.3) is 0 Å². The van der Waals surface area contributed by atoms with Gasteiger partial charge >= 0.3 is 0 Å². The smallest absolute Gasteiger partial charge is 0.0317 e. The molecule has 1 N–H and O–H groups in total. The minimum absolute atomic E-state index is 0.521. The first kappa shape index (κ1) is 14.5. The van der Waals surface area contributed by atoms with Gasteiger partial charge in [0.05, 0.1) is 0 Å². The molecule has 0 spiro atoms. The molecule has 0 amide bonds. The van der Waals surface area contributed by atoms with Crippen LogP contribution < -0.4 is 5.32 Å². The molecule has 1 aliphatic rings. The molecule has 1 aromatic rings. The number of nitrogens with one attached hydrogen (secondary N) is 1. The van der Waals surface area contributed by atoms with Crippen molar-refractivity contribution in [1.29, 1.82) is 0 Å². The summed E-state index contributed by atoms with van der Waals surface area (Å²) in [6.45, 7) is 5.98. The summed E-state index contributed by atoms with van der Waals surface area (Å²) in [6.07, 6.45) is 5.25. The van der Waals surface area contributed by atoms with Crippen molar-refractivity contribution in [3.05, 3.63) is 35.9 Å². The summed E-state index contributed by atoms with van der Waals surface area (Å²) < 4.78 is 0. The Morgan fingerprint density at radius 1 is 1.21 bits per heavy atom. The van der Waals surface area contributed by atoms with Crippen LogP contribution in [-0.2, 0) is 0 Å². The van der Waals surface area contributed by atoms with E-state index in [-0.39, 0.29) is 0 Å². The fourth-order valence-electron chi connectivity index (χ4n) is 3.00. The molecule has 2 rings (SSSR count). The second-order valence-electron chi connectivity index (χ2n) is 5.86. The normalized spacial score (nSPS) is 19.5. The lowest BCUT2D eigenvalue weighted by Gasteiger charge is -2.29. The summed E-state index contributed by atoms with van der Waals surface area (Å²) in [5.41, 5.74) is 1.42. The van der Waals surface area contributed by atoms with Gasteiger partial charge in [0, 0.05) is 6.04 Å². The van der Waals surface area contributed by atoms with E-state index in [9.17, 15) is 0 Å². The van der Waals surface area contributed by atoms with E-state index < -0.39 is 0 Å². The summed E-state index contributed by atoms with van der Waals surface area (Å²) in [4.78, 5) is 2.45. The number of likely N-dealkylation sites (tertiary alicyclic amines) is 1. The van der Waals surface area contributed by atoms with E-state index in [2.05, 4.69) is 54.5 Å². The van der Waals surface area contributed by atoms with Crippen LogP contribution in [0.2, 0.25) is 0 Å². The Bertz CT molecular complexity index is 342. The maximum Gasteiger partial charge on any atom is 0.0317 e. The minimum atomic E-state index is 0.521. The molecular formula is C17H28N2. The van der Waals surface area contributed by atoms with Crippen LogP contribution in [0, 0.1) is 5.92 Å². The number of nitrogens with zero attached hydrogens (tertiary/aromatic N) is 1. The molecule has 2 heteroatoms. The molecular weight excluding hydrogens is 232 g/mol. The highest BCUT2D eigenvalue weighted by Gasteiger charge is 2.16. The highest BCUT2D eigenvalue weighted by molar-refractivity contribution is 5.18. The van der Waals surface area contributed by atoms with Gasteiger partial charge in [-0.25, -0.2) is 0 Å². The highest BCUT2D eigenvalue weighted by atomic mass is 15.1. The van der Waals surface area contributed by atoms with Crippen molar-refractivity contribution >= 4 is 0 Å². The molecule has 19 heavy (non-hydrogen) atoms. The second kappa shape index (κ2) is 7.66. The molecule has 1 saturated heterocycles. The molecule has 1 aromatic carbocycles. The fourth-order valence-corrected chi connectivity index (χ4v) is 3.00. The molecule has 2 nitrogen and oxygen atoms in total. The summed E-state index contributed by atoms with van der Waals surface area (Å²) in [6, 6.07) is 11.3. The number of benzene rings is 1. The first-order chi connectivity index (χ1) is 9.29. The van der Waals surface area contributed by atoms with E-state index in [1.807, 2.05) is 0 Å². The Balaban J connectivity index is 1.72. The molecule has 1 atom stereocenters. The van der Waals surface area contributed by atoms with Crippen LogP contribution in [0.4, 0.5) is 0 Å². The summed E-state index contributed by atoms with van der Waals surface area (Å²) in [7, 11) is 2.23. The van der Waals surface area contributed by atoms with E-state index in [4.69, 9.17) is 0 Å². The zero-order valence-electron chi connectivity index (χ0n) is 12.4. The van der Waals surface area contributed by atoms with Gasteiger partial charge in [-0.1, -0.05) is 37.3 Å². The van der Waals surface area contributed by atoms with Crippen LogP contribution in [0.3, 0.4) is 0 Å². The van der Waals surface area contributed by atoms with Gasteiger partial charge in [0.15, 0.2) is 0 Å². The van der Waals surface area contributed by atoms with Crippen LogP contribution in [0.15, 0.2) is 30.3 Å². The number of hydrogen-bond acceptors (Lipinski definition) is 2. The van der Waals surface area contributed by atoms with Crippen LogP contribution in [0.1, 0.15) is 44.2 Å². The van der Waals surface area contributed by atoms with Gasteiger partial charge in [0.2, 0.25) is 0 Å². The fraction of sp³-hybridized carbons (Fsp3) is 0.647. The van der Waals surface area contributed by atoms with Crippen molar-refractivity contribution in [2.75, 3.05) is 26.7 Å². The summed E-state index contributed by atoms with van der Waals surface area (Å²) in [5.74, 6) is 0.928. The zero-order chi connectivity index (χ0) is 13.5. The number of piperidine rings is 1. The van der Waals surface area contributed by atoms with Gasteiger partial charge in [-0.15, -0.1) is 0 Å². The predicted molar refractivity (Wildman–Crippen MR) is 82.3 cm³/mol. The molecule has 0 radical (unpaired) electrons. The number of rotatable bonds is 6. The highest BCUT2D eigenvalue weighted by Crippen LogP contribution is 2.20. The van der Waals surface area contributed by atoms with E-state index >= 15 is 0 Å². The van der Waals surface area contributed by atoms with E-state index in [0.717, 1.165) is 18.9 Å². The van der Waals surface area contributed by atoms with Gasteiger partial charge < -0.3 is 10.2 Å². The summed E-state index contributed by atoms with van der Waals surface area (Å²) in [5, 5.41) is 3.73. The monoisotopic (exact) mass is 260 g/mol. The van der Waals surface area contributed by atoms with Crippen LogP contribution in [0.5, 0.6) is 0 Å².